The number of hydrogen-bond donors (Lipinski definition) is 0. The van der Waals surface area contributed by atoms with Gasteiger partial charge in [-0.05, 0) is 0 Å². The first-order valence-corrected chi connectivity index (χ1v) is 26.6. The molecule has 7 rings (SSSR count). The number of hydrogen-bond acceptors (Lipinski definition) is 0. The SMILES string of the molecule is c1ccc(P(CCP2(CCP(c3ccccc3)c3ccccc3)(CCP(c3ccccc3)c3ccccc3)CCCCC2)c2ccccc2)cc1. The van der Waals surface area contributed by atoms with E-state index in [0.29, 0.717) is 0 Å². The van der Waals surface area contributed by atoms with E-state index in [4.69, 9.17) is 0 Å². The Kier molecular flexibility index (Phi) is 12.6. The van der Waals surface area contributed by atoms with Crippen molar-refractivity contribution in [3.63, 3.8) is 0 Å². The molecule has 6 aromatic rings. The van der Waals surface area contributed by atoms with Gasteiger partial charge in [0.2, 0.25) is 0 Å². The van der Waals surface area contributed by atoms with Crippen LogP contribution in [0, 0.1) is 0 Å². The second kappa shape index (κ2) is 17.7. The summed E-state index contributed by atoms with van der Waals surface area (Å²) < 4.78 is 0. The minimum absolute atomic E-state index is 0.424. The number of rotatable bonds is 15. The molecule has 0 radical (unpaired) electrons. The first-order chi connectivity index (χ1) is 25.2. The Labute approximate surface area is 311 Å². The van der Waals surface area contributed by atoms with Crippen molar-refractivity contribution in [2.75, 3.05) is 49.3 Å². The van der Waals surface area contributed by atoms with Crippen LogP contribution in [0.15, 0.2) is 182 Å². The fourth-order valence-electron chi connectivity index (χ4n) is 8.43. The molecule has 51 heavy (non-hydrogen) atoms. The standard InChI is InChI=1S/C47H52P4/c1-8-22-42(23-9-1)48(43-24-10-2-11-25-43)34-39-51(37-20-7-21-38-51,40-35-49(44-26-12-3-13-27-44)45-28-14-4-15-29-45)41-36-50(46-30-16-5-17-31-46)47-32-18-6-19-33-47/h1-6,8-19,22-33H,7,20-21,34-41H2. The number of benzene rings is 6. The Bertz CT molecular complexity index is 1540. The summed E-state index contributed by atoms with van der Waals surface area (Å²) in [5.41, 5.74) is 0. The van der Waals surface area contributed by atoms with Crippen molar-refractivity contribution in [1.29, 1.82) is 0 Å². The molecule has 1 heterocycles. The molecule has 260 valence electrons. The van der Waals surface area contributed by atoms with Crippen molar-refractivity contribution in [1.82, 2.24) is 0 Å². The van der Waals surface area contributed by atoms with Crippen LogP contribution in [0.4, 0.5) is 0 Å². The summed E-state index contributed by atoms with van der Waals surface area (Å²) in [6.45, 7) is -2.19. The van der Waals surface area contributed by atoms with Crippen LogP contribution in [0.1, 0.15) is 19.3 Å². The van der Waals surface area contributed by atoms with Gasteiger partial charge in [-0.3, -0.25) is 0 Å². The van der Waals surface area contributed by atoms with Crippen LogP contribution in [-0.4, -0.2) is 49.3 Å². The zero-order valence-corrected chi connectivity index (χ0v) is 33.5. The molecule has 0 amide bonds. The molecular formula is C47H52P4. The van der Waals surface area contributed by atoms with Crippen LogP contribution >= 0.6 is 30.4 Å². The molecule has 0 atom stereocenters. The Morgan fingerprint density at radius 1 is 0.294 bits per heavy atom. The topological polar surface area (TPSA) is 0 Å². The van der Waals surface area contributed by atoms with E-state index in [2.05, 4.69) is 182 Å². The summed E-state index contributed by atoms with van der Waals surface area (Å²) in [6.07, 6.45) is 15.4. The van der Waals surface area contributed by atoms with Gasteiger partial charge in [0.15, 0.2) is 0 Å². The van der Waals surface area contributed by atoms with Crippen LogP contribution < -0.4 is 31.8 Å². The molecule has 0 nitrogen and oxygen atoms in total. The second-order valence-corrected chi connectivity index (χ2v) is 28.1. The molecule has 1 saturated heterocycles. The van der Waals surface area contributed by atoms with Gasteiger partial charge in [0.25, 0.3) is 0 Å². The third kappa shape index (κ3) is 9.16. The van der Waals surface area contributed by atoms with Gasteiger partial charge < -0.3 is 0 Å². The van der Waals surface area contributed by atoms with Gasteiger partial charge in [-0.1, -0.05) is 0 Å². The molecule has 4 heteroatoms. The second-order valence-electron chi connectivity index (χ2n) is 14.4. The molecule has 1 aliphatic heterocycles. The van der Waals surface area contributed by atoms with E-state index in [1.807, 2.05) is 0 Å². The van der Waals surface area contributed by atoms with Crippen molar-refractivity contribution in [2.45, 2.75) is 19.3 Å². The van der Waals surface area contributed by atoms with Gasteiger partial charge >= 0.3 is 313 Å². The summed E-state index contributed by atoms with van der Waals surface area (Å²) in [5, 5.41) is 9.24. The van der Waals surface area contributed by atoms with Crippen molar-refractivity contribution in [3.05, 3.63) is 182 Å². The van der Waals surface area contributed by atoms with Gasteiger partial charge in [0, 0.05) is 0 Å². The third-order valence-corrected chi connectivity index (χ3v) is 27.6. The Balaban J connectivity index is 1.29. The van der Waals surface area contributed by atoms with Gasteiger partial charge in [-0.15, -0.1) is 0 Å². The van der Waals surface area contributed by atoms with E-state index in [1.54, 1.807) is 31.8 Å². The molecule has 6 aromatic carbocycles. The van der Waals surface area contributed by atoms with Gasteiger partial charge in [-0.25, -0.2) is 0 Å². The maximum absolute atomic E-state index is 2.41. The first kappa shape index (κ1) is 36.4. The van der Waals surface area contributed by atoms with E-state index in [1.165, 1.54) is 68.6 Å². The molecule has 0 N–H and O–H groups in total. The first-order valence-electron chi connectivity index (χ1n) is 18.8. The summed E-state index contributed by atoms with van der Waals surface area (Å²) in [5.74, 6) is 0. The molecule has 1 aliphatic rings. The third-order valence-electron chi connectivity index (χ3n) is 11.4. The predicted molar refractivity (Wildman–Crippen MR) is 237 cm³/mol. The molecule has 0 unspecified atom stereocenters. The molecule has 1 fully saturated rings. The van der Waals surface area contributed by atoms with Gasteiger partial charge in [0.1, 0.15) is 0 Å². The summed E-state index contributed by atoms with van der Waals surface area (Å²) >= 11 is 0. The van der Waals surface area contributed by atoms with Crippen molar-refractivity contribution >= 4 is 62.2 Å². The molecule has 0 aliphatic carbocycles. The van der Waals surface area contributed by atoms with Gasteiger partial charge in [-0.2, -0.15) is 0 Å². The van der Waals surface area contributed by atoms with Crippen LogP contribution in [0.5, 0.6) is 0 Å². The zero-order chi connectivity index (χ0) is 34.6. The molecule has 0 spiro atoms. The quantitative estimate of drug-likeness (QED) is 0.0920. The average molecular weight is 741 g/mol. The Morgan fingerprint density at radius 3 is 0.725 bits per heavy atom. The van der Waals surface area contributed by atoms with Crippen molar-refractivity contribution in [3.8, 4) is 0 Å². The zero-order valence-electron chi connectivity index (χ0n) is 29.9. The van der Waals surface area contributed by atoms with Crippen LogP contribution in [-0.2, 0) is 0 Å². The van der Waals surface area contributed by atoms with E-state index >= 15 is 0 Å². The Morgan fingerprint density at radius 2 is 0.510 bits per heavy atom. The molecule has 0 saturated carbocycles. The van der Waals surface area contributed by atoms with E-state index in [-0.39, 0.29) is 0 Å². The van der Waals surface area contributed by atoms with Crippen LogP contribution in [0.25, 0.3) is 0 Å². The van der Waals surface area contributed by atoms with E-state index in [0.717, 1.165) is 0 Å². The molecule has 0 bridgehead atoms. The Hall–Kier alpha value is -2.96. The van der Waals surface area contributed by atoms with Crippen LogP contribution in [0.2, 0.25) is 0 Å². The fourth-order valence-corrected chi connectivity index (χ4v) is 27.7. The predicted octanol–water partition coefficient (Wildman–Crippen LogP) is 10.1. The maximum atomic E-state index is 2.41. The minimum atomic E-state index is -2.19. The van der Waals surface area contributed by atoms with E-state index < -0.39 is 30.4 Å². The average Bonchev–Trinajstić information content (AvgIpc) is 3.21. The molecular weight excluding hydrogens is 688 g/mol. The summed E-state index contributed by atoms with van der Waals surface area (Å²) in [4.78, 5) is 0. The summed E-state index contributed by atoms with van der Waals surface area (Å²) in [7, 11) is -1.27. The van der Waals surface area contributed by atoms with Crippen molar-refractivity contribution < 1.29 is 0 Å². The fraction of sp³-hybridized carbons (Fsp3) is 0.234. The molecule has 0 aromatic heterocycles. The van der Waals surface area contributed by atoms with Crippen molar-refractivity contribution in [2.24, 2.45) is 0 Å². The van der Waals surface area contributed by atoms with Crippen LogP contribution in [0.3, 0.4) is 0 Å². The summed E-state index contributed by atoms with van der Waals surface area (Å²) in [6, 6.07) is 69.2. The van der Waals surface area contributed by atoms with Gasteiger partial charge in [0.05, 0.1) is 0 Å². The van der Waals surface area contributed by atoms with E-state index in [9.17, 15) is 0 Å². The monoisotopic (exact) mass is 740 g/mol. The normalized spacial score (nSPS) is 16.1.